The monoisotopic (exact) mass is 229 g/mol. The van der Waals surface area contributed by atoms with Crippen molar-refractivity contribution in [2.75, 3.05) is 5.75 Å². The molecule has 0 aromatic carbocycles. The van der Waals surface area contributed by atoms with E-state index in [0.29, 0.717) is 11.8 Å². The van der Waals surface area contributed by atoms with Gasteiger partial charge in [-0.25, -0.2) is 4.68 Å². The molecule has 1 heterocycles. The molecular weight excluding hydrogens is 222 g/mol. The first-order valence-electron chi connectivity index (χ1n) is 4.25. The van der Waals surface area contributed by atoms with Crippen LogP contribution in [0.2, 0.25) is 0 Å². The maximum atomic E-state index is 8.50. The molecule has 14 heavy (non-hydrogen) atoms. The van der Waals surface area contributed by atoms with Crippen LogP contribution in [0.4, 0.5) is 0 Å². The Kier molecular flexibility index (Phi) is 2.89. The van der Waals surface area contributed by atoms with Crippen LogP contribution in [0, 0.1) is 11.3 Å². The van der Waals surface area contributed by atoms with Gasteiger partial charge in [-0.05, 0) is 23.3 Å². The van der Waals surface area contributed by atoms with Gasteiger partial charge in [0.2, 0.25) is 5.16 Å². The molecule has 1 aliphatic rings. The van der Waals surface area contributed by atoms with Gasteiger partial charge in [0.05, 0.1) is 12.1 Å². The Bertz CT molecular complexity index is 355. The van der Waals surface area contributed by atoms with Crippen molar-refractivity contribution in [1.29, 1.82) is 5.26 Å². The third kappa shape index (κ3) is 2.16. The van der Waals surface area contributed by atoms with Crippen LogP contribution in [0.25, 0.3) is 0 Å². The number of aromatic nitrogens is 4. The van der Waals surface area contributed by atoms with Crippen molar-refractivity contribution in [3.05, 3.63) is 0 Å². The van der Waals surface area contributed by atoms with Gasteiger partial charge in [0.25, 0.3) is 0 Å². The summed E-state index contributed by atoms with van der Waals surface area (Å²) in [6.45, 7) is 0. The standard InChI is InChI=1S/C7H8ClN5S/c8-5(3-9)4-14-7-10-11-12-13(7)6-1-2-6/h5-6H,1-2,4H2. The summed E-state index contributed by atoms with van der Waals surface area (Å²) in [5.41, 5.74) is 0. The summed E-state index contributed by atoms with van der Waals surface area (Å²) >= 11 is 7.10. The molecule has 5 nitrogen and oxygen atoms in total. The molecule has 1 saturated carbocycles. The van der Waals surface area contributed by atoms with Crippen LogP contribution in [0.3, 0.4) is 0 Å². The fourth-order valence-corrected chi connectivity index (χ4v) is 1.98. The Balaban J connectivity index is 1.95. The maximum Gasteiger partial charge on any atom is 0.209 e. The second-order valence-electron chi connectivity index (χ2n) is 3.04. The number of alkyl halides is 1. The third-order valence-electron chi connectivity index (χ3n) is 1.85. The zero-order valence-corrected chi connectivity index (χ0v) is 8.87. The number of tetrazole rings is 1. The minimum Gasteiger partial charge on any atom is -0.217 e. The second kappa shape index (κ2) is 4.15. The van der Waals surface area contributed by atoms with E-state index in [9.17, 15) is 0 Å². The number of hydrogen-bond donors (Lipinski definition) is 0. The molecule has 0 spiro atoms. The Morgan fingerprint density at radius 2 is 2.50 bits per heavy atom. The summed E-state index contributed by atoms with van der Waals surface area (Å²) in [5, 5.41) is 20.2. The van der Waals surface area contributed by atoms with Gasteiger partial charge in [-0.15, -0.1) is 16.7 Å². The molecule has 1 atom stereocenters. The van der Waals surface area contributed by atoms with E-state index in [1.165, 1.54) is 11.8 Å². The Hall–Kier alpha value is -0.800. The van der Waals surface area contributed by atoms with Crippen molar-refractivity contribution in [2.24, 2.45) is 0 Å². The molecule has 1 aromatic heterocycles. The molecule has 0 saturated heterocycles. The minimum absolute atomic E-state index is 0.461. The Morgan fingerprint density at radius 1 is 1.71 bits per heavy atom. The van der Waals surface area contributed by atoms with Crippen LogP contribution >= 0.6 is 23.4 Å². The largest absolute Gasteiger partial charge is 0.217 e. The van der Waals surface area contributed by atoms with E-state index in [-0.39, 0.29) is 0 Å². The highest BCUT2D eigenvalue weighted by atomic mass is 35.5. The van der Waals surface area contributed by atoms with Gasteiger partial charge < -0.3 is 0 Å². The maximum absolute atomic E-state index is 8.50. The smallest absolute Gasteiger partial charge is 0.209 e. The van der Waals surface area contributed by atoms with Crippen LogP contribution in [-0.4, -0.2) is 31.3 Å². The number of nitrogens with zero attached hydrogens (tertiary/aromatic N) is 5. The summed E-state index contributed by atoms with van der Waals surface area (Å²) in [6, 6.07) is 2.42. The molecule has 1 fully saturated rings. The molecule has 0 aliphatic heterocycles. The molecule has 1 aliphatic carbocycles. The van der Waals surface area contributed by atoms with Gasteiger partial charge in [-0.3, -0.25) is 0 Å². The lowest BCUT2D eigenvalue weighted by Crippen LogP contribution is -2.02. The molecule has 7 heteroatoms. The summed E-state index contributed by atoms with van der Waals surface area (Å²) in [5.74, 6) is 0.519. The van der Waals surface area contributed by atoms with E-state index < -0.39 is 5.38 Å². The molecule has 0 radical (unpaired) electrons. The SMILES string of the molecule is N#CC(Cl)CSc1nnnn1C1CC1. The zero-order chi connectivity index (χ0) is 9.97. The average Bonchev–Trinajstić information content (AvgIpc) is 2.94. The van der Waals surface area contributed by atoms with Gasteiger partial charge in [0.15, 0.2) is 0 Å². The topological polar surface area (TPSA) is 67.4 Å². The number of hydrogen-bond acceptors (Lipinski definition) is 5. The number of thioether (sulfide) groups is 1. The first kappa shape index (κ1) is 9.74. The third-order valence-corrected chi connectivity index (χ3v) is 3.32. The minimum atomic E-state index is -0.482. The van der Waals surface area contributed by atoms with Crippen molar-refractivity contribution < 1.29 is 0 Å². The van der Waals surface area contributed by atoms with E-state index >= 15 is 0 Å². The summed E-state index contributed by atoms with van der Waals surface area (Å²) in [6.07, 6.45) is 2.28. The fraction of sp³-hybridized carbons (Fsp3) is 0.714. The lowest BCUT2D eigenvalue weighted by atomic mass is 10.5. The van der Waals surface area contributed by atoms with Crippen molar-refractivity contribution in [3.63, 3.8) is 0 Å². The lowest BCUT2D eigenvalue weighted by Gasteiger charge is -2.01. The highest BCUT2D eigenvalue weighted by Gasteiger charge is 2.27. The normalized spacial score (nSPS) is 17.7. The lowest BCUT2D eigenvalue weighted by molar-refractivity contribution is 0.565. The molecule has 1 aromatic rings. The van der Waals surface area contributed by atoms with Gasteiger partial charge in [0, 0.05) is 5.75 Å². The van der Waals surface area contributed by atoms with E-state index in [0.717, 1.165) is 18.0 Å². The summed E-state index contributed by atoms with van der Waals surface area (Å²) in [4.78, 5) is 0. The first-order chi connectivity index (χ1) is 6.81. The quantitative estimate of drug-likeness (QED) is 0.574. The predicted molar refractivity (Wildman–Crippen MR) is 52.1 cm³/mol. The second-order valence-corrected chi connectivity index (χ2v) is 4.56. The summed E-state index contributed by atoms with van der Waals surface area (Å²) in [7, 11) is 0. The molecule has 2 rings (SSSR count). The molecule has 74 valence electrons. The number of nitriles is 1. The van der Waals surface area contributed by atoms with E-state index in [2.05, 4.69) is 15.5 Å². The number of rotatable bonds is 4. The molecule has 0 N–H and O–H groups in total. The van der Waals surface area contributed by atoms with E-state index in [1.54, 1.807) is 0 Å². The van der Waals surface area contributed by atoms with E-state index in [1.807, 2.05) is 10.8 Å². The molecule has 0 amide bonds. The van der Waals surface area contributed by atoms with Gasteiger partial charge >= 0.3 is 0 Å². The van der Waals surface area contributed by atoms with Crippen molar-refractivity contribution in [3.8, 4) is 6.07 Å². The Labute approximate surface area is 90.4 Å². The Morgan fingerprint density at radius 3 is 3.14 bits per heavy atom. The highest BCUT2D eigenvalue weighted by Crippen LogP contribution is 2.36. The van der Waals surface area contributed by atoms with Crippen molar-refractivity contribution >= 4 is 23.4 Å². The predicted octanol–water partition coefficient (Wildman–Crippen LogP) is 1.23. The summed E-state index contributed by atoms with van der Waals surface area (Å²) < 4.78 is 1.81. The van der Waals surface area contributed by atoms with Crippen LogP contribution in [0.15, 0.2) is 5.16 Å². The van der Waals surface area contributed by atoms with Gasteiger partial charge in [-0.2, -0.15) is 5.26 Å². The van der Waals surface area contributed by atoms with E-state index in [4.69, 9.17) is 16.9 Å². The van der Waals surface area contributed by atoms with Crippen molar-refractivity contribution in [2.45, 2.75) is 29.4 Å². The molecule has 0 bridgehead atoms. The fourth-order valence-electron chi connectivity index (χ4n) is 1.01. The number of halogens is 1. The van der Waals surface area contributed by atoms with Crippen LogP contribution in [-0.2, 0) is 0 Å². The van der Waals surface area contributed by atoms with Crippen LogP contribution in [0.5, 0.6) is 0 Å². The van der Waals surface area contributed by atoms with Gasteiger partial charge in [-0.1, -0.05) is 11.8 Å². The highest BCUT2D eigenvalue weighted by molar-refractivity contribution is 7.99. The van der Waals surface area contributed by atoms with Crippen LogP contribution in [0.1, 0.15) is 18.9 Å². The average molecular weight is 230 g/mol. The zero-order valence-electron chi connectivity index (χ0n) is 7.30. The molecular formula is C7H8ClN5S. The van der Waals surface area contributed by atoms with Crippen LogP contribution < -0.4 is 0 Å². The van der Waals surface area contributed by atoms with Gasteiger partial charge in [0.1, 0.15) is 5.38 Å². The first-order valence-corrected chi connectivity index (χ1v) is 5.68. The van der Waals surface area contributed by atoms with Crippen molar-refractivity contribution in [1.82, 2.24) is 20.2 Å². The molecule has 1 unspecified atom stereocenters.